The SMILES string of the molecule is CC1(C)CN(C(=O)c2ccc(-n3cccn3)cc2)CCC1N.Cl. The van der Waals surface area contributed by atoms with Crippen LogP contribution in [0, 0.1) is 5.41 Å². The van der Waals surface area contributed by atoms with Gasteiger partial charge in [0, 0.05) is 37.1 Å². The second-order valence-corrected chi connectivity index (χ2v) is 6.61. The van der Waals surface area contributed by atoms with Gasteiger partial charge >= 0.3 is 0 Å². The maximum Gasteiger partial charge on any atom is 0.253 e. The van der Waals surface area contributed by atoms with E-state index in [4.69, 9.17) is 5.73 Å². The summed E-state index contributed by atoms with van der Waals surface area (Å²) in [7, 11) is 0. The predicted molar refractivity (Wildman–Crippen MR) is 93.1 cm³/mol. The molecule has 0 aliphatic carbocycles. The van der Waals surface area contributed by atoms with Crippen LogP contribution in [-0.2, 0) is 0 Å². The molecule has 1 atom stereocenters. The highest BCUT2D eigenvalue weighted by Gasteiger charge is 2.35. The van der Waals surface area contributed by atoms with Gasteiger partial charge in [0.1, 0.15) is 0 Å². The lowest BCUT2D eigenvalue weighted by Gasteiger charge is -2.42. The lowest BCUT2D eigenvalue weighted by Crippen LogP contribution is -2.53. The van der Waals surface area contributed by atoms with Crippen LogP contribution in [0.4, 0.5) is 0 Å². The number of amides is 1. The second kappa shape index (κ2) is 6.72. The van der Waals surface area contributed by atoms with Crippen molar-refractivity contribution in [2.75, 3.05) is 13.1 Å². The number of rotatable bonds is 2. The number of nitrogens with zero attached hydrogens (tertiary/aromatic N) is 3. The molecule has 1 aliphatic rings. The summed E-state index contributed by atoms with van der Waals surface area (Å²) in [5.41, 5.74) is 7.76. The van der Waals surface area contributed by atoms with Crippen LogP contribution < -0.4 is 5.73 Å². The van der Waals surface area contributed by atoms with E-state index in [1.165, 1.54) is 0 Å². The summed E-state index contributed by atoms with van der Waals surface area (Å²) in [4.78, 5) is 14.6. The Bertz CT molecular complexity index is 652. The molecule has 124 valence electrons. The number of carbonyl (C=O) groups is 1. The molecule has 3 rings (SSSR count). The van der Waals surface area contributed by atoms with E-state index < -0.39 is 0 Å². The minimum absolute atomic E-state index is 0. The molecule has 2 N–H and O–H groups in total. The summed E-state index contributed by atoms with van der Waals surface area (Å²) < 4.78 is 1.78. The molecule has 0 saturated carbocycles. The van der Waals surface area contributed by atoms with Gasteiger partial charge in [-0.1, -0.05) is 13.8 Å². The van der Waals surface area contributed by atoms with Crippen molar-refractivity contribution >= 4 is 18.3 Å². The molecule has 23 heavy (non-hydrogen) atoms. The van der Waals surface area contributed by atoms with Gasteiger partial charge in [0.2, 0.25) is 0 Å². The van der Waals surface area contributed by atoms with E-state index in [1.54, 1.807) is 10.9 Å². The van der Waals surface area contributed by atoms with Crippen LogP contribution in [-0.4, -0.2) is 39.7 Å². The highest BCUT2D eigenvalue weighted by Crippen LogP contribution is 2.28. The fraction of sp³-hybridized carbons (Fsp3) is 0.412. The zero-order valence-corrected chi connectivity index (χ0v) is 14.3. The fourth-order valence-electron chi connectivity index (χ4n) is 2.91. The molecule has 6 heteroatoms. The molecule has 1 aromatic carbocycles. The van der Waals surface area contributed by atoms with Gasteiger partial charge in [-0.2, -0.15) is 5.10 Å². The summed E-state index contributed by atoms with van der Waals surface area (Å²) >= 11 is 0. The monoisotopic (exact) mass is 334 g/mol. The minimum Gasteiger partial charge on any atom is -0.338 e. The Morgan fingerprint density at radius 1 is 1.30 bits per heavy atom. The Hall–Kier alpha value is -1.85. The van der Waals surface area contributed by atoms with Crippen molar-refractivity contribution < 1.29 is 4.79 Å². The smallest absolute Gasteiger partial charge is 0.253 e. The molecule has 0 bridgehead atoms. The average Bonchev–Trinajstić information content (AvgIpc) is 3.04. The number of nitrogens with two attached hydrogens (primary N) is 1. The largest absolute Gasteiger partial charge is 0.338 e. The van der Waals surface area contributed by atoms with Crippen molar-refractivity contribution in [2.24, 2.45) is 11.1 Å². The van der Waals surface area contributed by atoms with E-state index >= 15 is 0 Å². The number of halogens is 1. The van der Waals surface area contributed by atoms with Crippen molar-refractivity contribution in [2.45, 2.75) is 26.3 Å². The van der Waals surface area contributed by atoms with E-state index in [9.17, 15) is 4.79 Å². The van der Waals surface area contributed by atoms with Crippen molar-refractivity contribution in [1.29, 1.82) is 0 Å². The molecule has 1 amide bonds. The Kier molecular flexibility index (Phi) is 5.12. The first kappa shape index (κ1) is 17.5. The Labute approximate surface area is 142 Å². The number of likely N-dealkylation sites (tertiary alicyclic amines) is 1. The third kappa shape index (κ3) is 3.57. The van der Waals surface area contributed by atoms with Gasteiger partial charge in [0.25, 0.3) is 5.91 Å². The topological polar surface area (TPSA) is 64.2 Å². The molecule has 1 saturated heterocycles. The van der Waals surface area contributed by atoms with E-state index in [0.29, 0.717) is 12.1 Å². The maximum atomic E-state index is 12.7. The van der Waals surface area contributed by atoms with Crippen LogP contribution in [0.2, 0.25) is 0 Å². The molecular formula is C17H23ClN4O. The minimum atomic E-state index is -0.0388. The first-order chi connectivity index (χ1) is 10.5. The Balaban J connectivity index is 0.00000192. The third-order valence-corrected chi connectivity index (χ3v) is 4.48. The van der Waals surface area contributed by atoms with E-state index in [2.05, 4.69) is 18.9 Å². The molecule has 2 heterocycles. The highest BCUT2D eigenvalue weighted by molar-refractivity contribution is 5.94. The van der Waals surface area contributed by atoms with Gasteiger partial charge < -0.3 is 10.6 Å². The summed E-state index contributed by atoms with van der Waals surface area (Å²) in [6.07, 6.45) is 4.47. The summed E-state index contributed by atoms with van der Waals surface area (Å²) in [5, 5.41) is 4.19. The van der Waals surface area contributed by atoms with Gasteiger partial charge in [0.05, 0.1) is 5.69 Å². The lowest BCUT2D eigenvalue weighted by atomic mass is 9.79. The summed E-state index contributed by atoms with van der Waals surface area (Å²) in [5.74, 6) is 0.0759. The first-order valence-electron chi connectivity index (χ1n) is 7.62. The Morgan fingerprint density at radius 2 is 2.00 bits per heavy atom. The molecule has 5 nitrogen and oxygen atoms in total. The van der Waals surface area contributed by atoms with Crippen molar-refractivity contribution in [1.82, 2.24) is 14.7 Å². The van der Waals surface area contributed by atoms with E-state index in [-0.39, 0.29) is 29.8 Å². The number of hydrogen-bond acceptors (Lipinski definition) is 3. The van der Waals surface area contributed by atoms with Gasteiger partial charge in [-0.25, -0.2) is 4.68 Å². The molecule has 1 fully saturated rings. The number of aromatic nitrogens is 2. The van der Waals surface area contributed by atoms with Gasteiger partial charge in [-0.3, -0.25) is 4.79 Å². The maximum absolute atomic E-state index is 12.7. The summed E-state index contributed by atoms with van der Waals surface area (Å²) in [6, 6.07) is 9.58. The normalized spacial score (nSPS) is 20.0. The number of piperidine rings is 1. The standard InChI is InChI=1S/C17H22N4O.ClH/c1-17(2)12-20(11-8-15(17)18)16(22)13-4-6-14(7-5-13)21-10-3-9-19-21;/h3-7,9-10,15H,8,11-12,18H2,1-2H3;1H. The molecule has 1 aromatic heterocycles. The third-order valence-electron chi connectivity index (χ3n) is 4.48. The zero-order valence-electron chi connectivity index (χ0n) is 13.5. The molecule has 1 aliphatic heterocycles. The van der Waals surface area contributed by atoms with Gasteiger partial charge in [0.15, 0.2) is 0 Å². The highest BCUT2D eigenvalue weighted by atomic mass is 35.5. The molecule has 1 unspecified atom stereocenters. The average molecular weight is 335 g/mol. The number of carbonyl (C=O) groups excluding carboxylic acids is 1. The van der Waals surface area contributed by atoms with Crippen LogP contribution >= 0.6 is 12.4 Å². The van der Waals surface area contributed by atoms with Crippen molar-refractivity contribution in [3.8, 4) is 5.69 Å². The predicted octanol–water partition coefficient (Wildman–Crippen LogP) is 2.49. The Morgan fingerprint density at radius 3 is 2.57 bits per heavy atom. The van der Waals surface area contributed by atoms with Crippen LogP contribution in [0.25, 0.3) is 5.69 Å². The molecule has 0 radical (unpaired) electrons. The lowest BCUT2D eigenvalue weighted by molar-refractivity contribution is 0.0533. The molecular weight excluding hydrogens is 312 g/mol. The van der Waals surface area contributed by atoms with Gasteiger partial charge in [-0.05, 0) is 42.2 Å². The van der Waals surface area contributed by atoms with Crippen LogP contribution in [0.15, 0.2) is 42.7 Å². The van der Waals surface area contributed by atoms with Gasteiger partial charge in [-0.15, -0.1) is 12.4 Å². The number of hydrogen-bond donors (Lipinski definition) is 1. The quantitative estimate of drug-likeness (QED) is 0.917. The van der Waals surface area contributed by atoms with Crippen molar-refractivity contribution in [3.05, 3.63) is 48.3 Å². The second-order valence-electron chi connectivity index (χ2n) is 6.61. The molecule has 0 spiro atoms. The zero-order chi connectivity index (χ0) is 15.7. The first-order valence-corrected chi connectivity index (χ1v) is 7.62. The van der Waals surface area contributed by atoms with E-state index in [1.807, 2.05) is 41.4 Å². The molecule has 2 aromatic rings. The van der Waals surface area contributed by atoms with E-state index in [0.717, 1.165) is 18.7 Å². The summed E-state index contributed by atoms with van der Waals surface area (Å²) in [6.45, 7) is 5.67. The van der Waals surface area contributed by atoms with Crippen molar-refractivity contribution in [3.63, 3.8) is 0 Å². The van der Waals surface area contributed by atoms with Crippen LogP contribution in [0.3, 0.4) is 0 Å². The van der Waals surface area contributed by atoms with Crippen LogP contribution in [0.5, 0.6) is 0 Å². The van der Waals surface area contributed by atoms with Crippen LogP contribution in [0.1, 0.15) is 30.6 Å². The number of benzene rings is 1. The fourth-order valence-corrected chi connectivity index (χ4v) is 2.91.